The second-order valence-electron chi connectivity index (χ2n) is 6.52. The lowest BCUT2D eigenvalue weighted by atomic mass is 9.86. The van der Waals surface area contributed by atoms with Crippen molar-refractivity contribution in [1.29, 1.82) is 0 Å². The fourth-order valence-corrected chi connectivity index (χ4v) is 3.14. The van der Waals surface area contributed by atoms with E-state index in [1.165, 1.54) is 35.7 Å². The zero-order chi connectivity index (χ0) is 18.5. The molecule has 2 aromatic heterocycles. The van der Waals surface area contributed by atoms with Gasteiger partial charge < -0.3 is 14.3 Å². The van der Waals surface area contributed by atoms with E-state index in [4.69, 9.17) is 4.42 Å². The molecule has 2 heterocycles. The van der Waals surface area contributed by atoms with Crippen molar-refractivity contribution in [3.05, 3.63) is 35.1 Å². The second-order valence-corrected chi connectivity index (χ2v) is 6.52. The summed E-state index contributed by atoms with van der Waals surface area (Å²) >= 11 is 0. The van der Waals surface area contributed by atoms with E-state index in [-0.39, 0.29) is 24.0 Å². The van der Waals surface area contributed by atoms with Crippen molar-refractivity contribution in [2.75, 3.05) is 0 Å². The average molecular weight is 359 g/mol. The van der Waals surface area contributed by atoms with Gasteiger partial charge in [-0.1, -0.05) is 19.8 Å². The van der Waals surface area contributed by atoms with Crippen LogP contribution in [0.4, 0.5) is 4.79 Å². The molecule has 2 N–H and O–H groups in total. The van der Waals surface area contributed by atoms with Crippen LogP contribution in [0.15, 0.2) is 33.9 Å². The molecule has 0 unspecified atom stereocenters. The monoisotopic (exact) mass is 359 g/mol. The first-order valence-electron chi connectivity index (χ1n) is 8.60. The number of hydrogen-bond donors (Lipinski definition) is 2. The first kappa shape index (κ1) is 17.8. The predicted octanol–water partition coefficient (Wildman–Crippen LogP) is 1.30. The topological polar surface area (TPSA) is 119 Å². The van der Waals surface area contributed by atoms with Crippen molar-refractivity contribution < 1.29 is 14.0 Å². The third-order valence-corrected chi connectivity index (χ3v) is 4.59. The van der Waals surface area contributed by atoms with Gasteiger partial charge in [0.05, 0.1) is 5.56 Å². The average Bonchev–Trinajstić information content (AvgIpc) is 3.13. The molecule has 0 bridgehead atoms. The summed E-state index contributed by atoms with van der Waals surface area (Å²) in [6.07, 6.45) is 6.83. The number of pyridine rings is 1. The zero-order valence-corrected chi connectivity index (χ0v) is 14.5. The molecular formula is C17H21N5O4. The number of rotatable bonds is 4. The fraction of sp³-hybridized carbons (Fsp3) is 0.471. The number of carbonyl (C=O) groups excluding carboxylic acids is 2. The van der Waals surface area contributed by atoms with Gasteiger partial charge in [-0.05, 0) is 24.8 Å². The lowest BCUT2D eigenvalue weighted by molar-refractivity contribution is -0.120. The van der Waals surface area contributed by atoms with Crippen LogP contribution in [0.3, 0.4) is 0 Å². The maximum Gasteiger partial charge on any atom is 0.321 e. The lowest BCUT2D eigenvalue weighted by Crippen LogP contribution is -2.48. The summed E-state index contributed by atoms with van der Waals surface area (Å²) in [5.74, 6) is 0.0530. The third kappa shape index (κ3) is 4.35. The molecule has 1 aliphatic carbocycles. The Labute approximate surface area is 149 Å². The molecule has 3 rings (SSSR count). The van der Waals surface area contributed by atoms with E-state index in [0.717, 1.165) is 19.3 Å². The van der Waals surface area contributed by atoms with Crippen LogP contribution in [0, 0.1) is 5.92 Å². The lowest BCUT2D eigenvalue weighted by Gasteiger charge is -2.29. The summed E-state index contributed by atoms with van der Waals surface area (Å²) in [5.41, 5.74) is 0.139. The van der Waals surface area contributed by atoms with E-state index in [2.05, 4.69) is 27.8 Å². The van der Waals surface area contributed by atoms with Crippen LogP contribution in [-0.4, -0.2) is 32.7 Å². The van der Waals surface area contributed by atoms with Crippen LogP contribution in [0.25, 0.3) is 11.5 Å². The molecule has 3 amide bonds. The highest BCUT2D eigenvalue weighted by Gasteiger charge is 2.23. The van der Waals surface area contributed by atoms with Crippen LogP contribution < -0.4 is 16.2 Å². The number of hydrogen-bond acceptors (Lipinski definition) is 6. The standard InChI is InChI=1S/C17H21N5O4/c1-11-4-2-3-5-13(11)19-17(25)20-14(23)9-22-8-12(6-7-15(22)24)16-21-18-10-26-16/h6-8,10-11,13H,2-5,9H2,1H3,(H2,19,20,23,25)/t11-,13-/m0/s1. The summed E-state index contributed by atoms with van der Waals surface area (Å²) in [6.45, 7) is 1.81. The van der Waals surface area contributed by atoms with E-state index in [9.17, 15) is 14.4 Å². The van der Waals surface area contributed by atoms with Crippen LogP contribution in [0.2, 0.25) is 0 Å². The summed E-state index contributed by atoms with van der Waals surface area (Å²) in [5, 5.41) is 12.5. The summed E-state index contributed by atoms with van der Waals surface area (Å²) in [7, 11) is 0. The molecule has 0 spiro atoms. The number of aromatic nitrogens is 3. The van der Waals surface area contributed by atoms with Gasteiger partial charge in [0.15, 0.2) is 0 Å². The van der Waals surface area contributed by atoms with E-state index in [1.807, 2.05) is 0 Å². The molecule has 0 radical (unpaired) electrons. The number of imide groups is 1. The van der Waals surface area contributed by atoms with Gasteiger partial charge in [0, 0.05) is 18.3 Å². The Morgan fingerprint density at radius 1 is 1.31 bits per heavy atom. The van der Waals surface area contributed by atoms with Gasteiger partial charge in [-0.25, -0.2) is 4.79 Å². The third-order valence-electron chi connectivity index (χ3n) is 4.59. The molecule has 1 aliphatic rings. The highest BCUT2D eigenvalue weighted by atomic mass is 16.4. The van der Waals surface area contributed by atoms with Gasteiger partial charge in [-0.15, -0.1) is 10.2 Å². The van der Waals surface area contributed by atoms with Gasteiger partial charge in [0.1, 0.15) is 6.54 Å². The molecule has 2 atom stereocenters. The smallest absolute Gasteiger partial charge is 0.321 e. The minimum atomic E-state index is -0.573. The van der Waals surface area contributed by atoms with Crippen molar-refractivity contribution in [2.45, 2.75) is 45.2 Å². The normalized spacial score (nSPS) is 19.7. The summed E-state index contributed by atoms with van der Waals surface area (Å²) in [6, 6.07) is 2.37. The molecule has 1 fully saturated rings. The van der Waals surface area contributed by atoms with Crippen molar-refractivity contribution >= 4 is 11.9 Å². The number of carbonyl (C=O) groups is 2. The van der Waals surface area contributed by atoms with Crippen LogP contribution in [0.5, 0.6) is 0 Å². The Kier molecular flexibility index (Phi) is 5.45. The maximum absolute atomic E-state index is 12.1. The molecule has 138 valence electrons. The Bertz CT molecular complexity index is 830. The number of urea groups is 1. The summed E-state index contributed by atoms with van der Waals surface area (Å²) < 4.78 is 6.26. The largest absolute Gasteiger partial charge is 0.423 e. The molecule has 0 aromatic carbocycles. The number of nitrogens with zero attached hydrogens (tertiary/aromatic N) is 3. The first-order chi connectivity index (χ1) is 12.5. The van der Waals surface area contributed by atoms with E-state index >= 15 is 0 Å². The molecule has 26 heavy (non-hydrogen) atoms. The zero-order valence-electron chi connectivity index (χ0n) is 14.5. The van der Waals surface area contributed by atoms with Gasteiger partial charge in [-0.2, -0.15) is 0 Å². The van der Waals surface area contributed by atoms with Crippen LogP contribution >= 0.6 is 0 Å². The van der Waals surface area contributed by atoms with Crippen molar-refractivity contribution in [3.63, 3.8) is 0 Å². The van der Waals surface area contributed by atoms with Crippen LogP contribution in [0.1, 0.15) is 32.6 Å². The van der Waals surface area contributed by atoms with Crippen molar-refractivity contribution in [2.24, 2.45) is 5.92 Å². The minimum Gasteiger partial charge on any atom is -0.423 e. The first-order valence-corrected chi connectivity index (χ1v) is 8.60. The van der Waals surface area contributed by atoms with Gasteiger partial charge >= 0.3 is 6.03 Å². The number of nitrogens with one attached hydrogen (secondary N) is 2. The molecule has 9 nitrogen and oxygen atoms in total. The molecule has 1 saturated carbocycles. The Balaban J connectivity index is 1.60. The summed E-state index contributed by atoms with van der Waals surface area (Å²) in [4.78, 5) is 36.1. The van der Waals surface area contributed by atoms with Gasteiger partial charge in [0.25, 0.3) is 5.56 Å². The molecule has 2 aromatic rings. The SMILES string of the molecule is C[C@H]1CCCC[C@@H]1NC(=O)NC(=O)Cn1cc(-c2nnco2)ccc1=O. The number of amides is 3. The van der Waals surface area contributed by atoms with E-state index < -0.39 is 11.9 Å². The van der Waals surface area contributed by atoms with Crippen molar-refractivity contribution in [1.82, 2.24) is 25.4 Å². The Hall–Kier alpha value is -2.97. The molecule has 0 saturated heterocycles. The van der Waals surface area contributed by atoms with Crippen LogP contribution in [-0.2, 0) is 11.3 Å². The van der Waals surface area contributed by atoms with Gasteiger partial charge in [-0.3, -0.25) is 14.9 Å². The van der Waals surface area contributed by atoms with Crippen molar-refractivity contribution in [3.8, 4) is 11.5 Å². The quantitative estimate of drug-likeness (QED) is 0.849. The van der Waals surface area contributed by atoms with Gasteiger partial charge in [0.2, 0.25) is 18.2 Å². The Morgan fingerprint density at radius 2 is 2.12 bits per heavy atom. The maximum atomic E-state index is 12.1. The molecule has 0 aliphatic heterocycles. The highest BCUT2D eigenvalue weighted by Crippen LogP contribution is 2.23. The molecular weight excluding hydrogens is 338 g/mol. The Morgan fingerprint density at radius 3 is 2.85 bits per heavy atom. The van der Waals surface area contributed by atoms with E-state index in [1.54, 1.807) is 0 Å². The highest BCUT2D eigenvalue weighted by molar-refractivity contribution is 5.94. The molecule has 9 heteroatoms. The minimum absolute atomic E-state index is 0.0696. The fourth-order valence-electron chi connectivity index (χ4n) is 3.14. The second kappa shape index (κ2) is 7.94. The predicted molar refractivity (Wildman–Crippen MR) is 92.1 cm³/mol. The van der Waals surface area contributed by atoms with E-state index in [0.29, 0.717) is 11.5 Å².